The zero-order valence-electron chi connectivity index (χ0n) is 14.2. The molecule has 1 fully saturated rings. The first-order chi connectivity index (χ1) is 12.0. The highest BCUT2D eigenvalue weighted by Crippen LogP contribution is 2.24. The van der Waals surface area contributed by atoms with Crippen molar-refractivity contribution in [1.82, 2.24) is 4.90 Å². The molecule has 130 valence electrons. The predicted octanol–water partition coefficient (Wildman–Crippen LogP) is 2.20. The summed E-state index contributed by atoms with van der Waals surface area (Å²) in [6.45, 7) is 2.61. The second-order valence-corrected chi connectivity index (χ2v) is 5.97. The maximum absolute atomic E-state index is 12.6. The SMILES string of the molecule is COc1cccc(N2CCN(C(=O)c3ccc(C)c(O)c3)CC2=O)c1. The minimum absolute atomic E-state index is 0.00464. The van der Waals surface area contributed by atoms with Crippen LogP contribution < -0.4 is 9.64 Å². The molecular formula is C19H20N2O4. The Morgan fingerprint density at radius 3 is 2.64 bits per heavy atom. The predicted molar refractivity (Wildman–Crippen MR) is 94.1 cm³/mol. The Hall–Kier alpha value is -3.02. The maximum atomic E-state index is 12.6. The molecular weight excluding hydrogens is 320 g/mol. The lowest BCUT2D eigenvalue weighted by Crippen LogP contribution is -2.52. The van der Waals surface area contributed by atoms with Gasteiger partial charge in [0.25, 0.3) is 5.91 Å². The Morgan fingerprint density at radius 1 is 1.16 bits per heavy atom. The third-order valence-electron chi connectivity index (χ3n) is 4.33. The van der Waals surface area contributed by atoms with E-state index in [0.717, 1.165) is 5.69 Å². The first-order valence-electron chi connectivity index (χ1n) is 8.03. The summed E-state index contributed by atoms with van der Waals surface area (Å²) in [6.07, 6.45) is 0. The Labute approximate surface area is 146 Å². The molecule has 6 nitrogen and oxygen atoms in total. The average Bonchev–Trinajstić information content (AvgIpc) is 2.63. The number of aryl methyl sites for hydroxylation is 1. The van der Waals surface area contributed by atoms with Crippen molar-refractivity contribution in [3.63, 3.8) is 0 Å². The molecule has 0 radical (unpaired) electrons. The molecule has 2 aromatic carbocycles. The third kappa shape index (κ3) is 3.42. The zero-order chi connectivity index (χ0) is 18.0. The van der Waals surface area contributed by atoms with Gasteiger partial charge in [0.1, 0.15) is 18.0 Å². The second kappa shape index (κ2) is 6.84. The van der Waals surface area contributed by atoms with Crippen molar-refractivity contribution >= 4 is 17.5 Å². The summed E-state index contributed by atoms with van der Waals surface area (Å²) in [4.78, 5) is 28.2. The number of phenols is 1. The summed E-state index contributed by atoms with van der Waals surface area (Å²) in [5.74, 6) is 0.351. The topological polar surface area (TPSA) is 70.1 Å². The number of ether oxygens (including phenoxy) is 1. The fourth-order valence-corrected chi connectivity index (χ4v) is 2.82. The number of aromatic hydroxyl groups is 1. The van der Waals surface area contributed by atoms with Gasteiger partial charge in [-0.2, -0.15) is 0 Å². The number of rotatable bonds is 3. The molecule has 0 bridgehead atoms. The molecule has 6 heteroatoms. The molecule has 0 atom stereocenters. The van der Waals surface area contributed by atoms with Crippen LogP contribution in [0.5, 0.6) is 11.5 Å². The lowest BCUT2D eigenvalue weighted by atomic mass is 10.1. The molecule has 0 spiro atoms. The number of benzene rings is 2. The maximum Gasteiger partial charge on any atom is 0.254 e. The lowest BCUT2D eigenvalue weighted by molar-refractivity contribution is -0.120. The van der Waals surface area contributed by atoms with E-state index in [-0.39, 0.29) is 24.1 Å². The highest BCUT2D eigenvalue weighted by molar-refractivity contribution is 6.02. The number of piperazine rings is 1. The van der Waals surface area contributed by atoms with Gasteiger partial charge in [0.15, 0.2) is 0 Å². The Balaban J connectivity index is 1.73. The minimum atomic E-state index is -0.256. The van der Waals surface area contributed by atoms with Crippen molar-refractivity contribution in [2.24, 2.45) is 0 Å². The van der Waals surface area contributed by atoms with Crippen molar-refractivity contribution in [2.75, 3.05) is 31.6 Å². The summed E-state index contributed by atoms with van der Waals surface area (Å²) in [5, 5.41) is 9.78. The number of carbonyl (C=O) groups is 2. The van der Waals surface area contributed by atoms with E-state index in [4.69, 9.17) is 4.74 Å². The van der Waals surface area contributed by atoms with Crippen molar-refractivity contribution in [3.05, 3.63) is 53.6 Å². The van der Waals surface area contributed by atoms with E-state index in [1.807, 2.05) is 18.2 Å². The lowest BCUT2D eigenvalue weighted by Gasteiger charge is -2.34. The number of hydrogen-bond acceptors (Lipinski definition) is 4. The van der Waals surface area contributed by atoms with Crippen molar-refractivity contribution in [2.45, 2.75) is 6.92 Å². The molecule has 1 aliphatic heterocycles. The summed E-state index contributed by atoms with van der Waals surface area (Å²) < 4.78 is 5.19. The molecule has 0 aliphatic carbocycles. The van der Waals surface area contributed by atoms with Gasteiger partial charge in [-0.05, 0) is 36.8 Å². The highest BCUT2D eigenvalue weighted by Gasteiger charge is 2.29. The van der Waals surface area contributed by atoms with Gasteiger partial charge in [-0.1, -0.05) is 12.1 Å². The molecule has 2 aromatic rings. The van der Waals surface area contributed by atoms with E-state index in [1.54, 1.807) is 37.1 Å². The molecule has 1 saturated heterocycles. The fourth-order valence-electron chi connectivity index (χ4n) is 2.82. The Morgan fingerprint density at radius 2 is 1.96 bits per heavy atom. The monoisotopic (exact) mass is 340 g/mol. The van der Waals surface area contributed by atoms with Crippen LogP contribution in [-0.2, 0) is 4.79 Å². The molecule has 0 unspecified atom stereocenters. The summed E-state index contributed by atoms with van der Waals surface area (Å²) in [6, 6.07) is 12.1. The number of anilines is 1. The van der Waals surface area contributed by atoms with Crippen LogP contribution in [0.15, 0.2) is 42.5 Å². The highest BCUT2D eigenvalue weighted by atomic mass is 16.5. The second-order valence-electron chi connectivity index (χ2n) is 5.97. The summed E-state index contributed by atoms with van der Waals surface area (Å²) in [5.41, 5.74) is 1.84. The van der Waals surface area contributed by atoms with E-state index in [1.165, 1.54) is 11.0 Å². The standard InChI is InChI=1S/C19H20N2O4/c1-13-6-7-14(10-17(13)22)19(24)20-8-9-21(18(23)12-20)15-4-3-5-16(11-15)25-2/h3-7,10-11,22H,8-9,12H2,1-2H3. The van der Waals surface area contributed by atoms with E-state index >= 15 is 0 Å². The quantitative estimate of drug-likeness (QED) is 0.930. The number of carbonyl (C=O) groups excluding carboxylic acids is 2. The number of nitrogens with zero attached hydrogens (tertiary/aromatic N) is 2. The van der Waals surface area contributed by atoms with Gasteiger partial charge < -0.3 is 19.6 Å². The van der Waals surface area contributed by atoms with Crippen LogP contribution in [0.2, 0.25) is 0 Å². The molecule has 0 saturated carbocycles. The van der Waals surface area contributed by atoms with Gasteiger partial charge >= 0.3 is 0 Å². The first kappa shape index (κ1) is 16.8. The third-order valence-corrected chi connectivity index (χ3v) is 4.33. The number of amides is 2. The van der Waals surface area contributed by atoms with E-state index < -0.39 is 0 Å². The van der Waals surface area contributed by atoms with Crippen LogP contribution in [0.3, 0.4) is 0 Å². The molecule has 1 aliphatic rings. The van der Waals surface area contributed by atoms with E-state index in [0.29, 0.717) is 30.0 Å². The Kier molecular flexibility index (Phi) is 4.61. The van der Waals surface area contributed by atoms with Crippen molar-refractivity contribution in [1.29, 1.82) is 0 Å². The van der Waals surface area contributed by atoms with Gasteiger partial charge in [-0.3, -0.25) is 9.59 Å². The van der Waals surface area contributed by atoms with Gasteiger partial charge in [0.2, 0.25) is 5.91 Å². The first-order valence-corrected chi connectivity index (χ1v) is 8.03. The van der Waals surface area contributed by atoms with Crippen molar-refractivity contribution < 1.29 is 19.4 Å². The van der Waals surface area contributed by atoms with Gasteiger partial charge in [-0.25, -0.2) is 0 Å². The van der Waals surface area contributed by atoms with Crippen LogP contribution in [0.1, 0.15) is 15.9 Å². The zero-order valence-corrected chi connectivity index (χ0v) is 14.2. The number of hydrogen-bond donors (Lipinski definition) is 1. The van der Waals surface area contributed by atoms with Crippen LogP contribution in [0.25, 0.3) is 0 Å². The number of phenolic OH excluding ortho intramolecular Hbond substituents is 1. The molecule has 2 amide bonds. The summed E-state index contributed by atoms with van der Waals surface area (Å²) in [7, 11) is 1.58. The molecule has 1 heterocycles. The van der Waals surface area contributed by atoms with Gasteiger partial charge in [0, 0.05) is 30.4 Å². The average molecular weight is 340 g/mol. The van der Waals surface area contributed by atoms with Crippen LogP contribution in [0, 0.1) is 6.92 Å². The molecule has 3 rings (SSSR count). The molecule has 25 heavy (non-hydrogen) atoms. The minimum Gasteiger partial charge on any atom is -0.508 e. The molecule has 0 aromatic heterocycles. The Bertz CT molecular complexity index is 819. The smallest absolute Gasteiger partial charge is 0.254 e. The van der Waals surface area contributed by atoms with Crippen LogP contribution in [-0.4, -0.2) is 48.6 Å². The fraction of sp³-hybridized carbons (Fsp3) is 0.263. The van der Waals surface area contributed by atoms with Crippen LogP contribution >= 0.6 is 0 Å². The van der Waals surface area contributed by atoms with Crippen molar-refractivity contribution in [3.8, 4) is 11.5 Å². The van der Waals surface area contributed by atoms with E-state index in [9.17, 15) is 14.7 Å². The van der Waals surface area contributed by atoms with E-state index in [2.05, 4.69) is 0 Å². The van der Waals surface area contributed by atoms with Gasteiger partial charge in [-0.15, -0.1) is 0 Å². The largest absolute Gasteiger partial charge is 0.508 e. The molecule has 1 N–H and O–H groups in total. The van der Waals surface area contributed by atoms with Gasteiger partial charge in [0.05, 0.1) is 7.11 Å². The normalized spacial score (nSPS) is 14.6. The van der Waals surface area contributed by atoms with Crippen LogP contribution in [0.4, 0.5) is 5.69 Å². The summed E-state index contributed by atoms with van der Waals surface area (Å²) >= 11 is 0. The number of methoxy groups -OCH3 is 1.